The summed E-state index contributed by atoms with van der Waals surface area (Å²) >= 11 is 0. The van der Waals surface area contributed by atoms with Crippen LogP contribution in [0.25, 0.3) is 49.0 Å². The number of fused-ring (bicyclic) bond motifs is 5. The highest BCUT2D eigenvalue weighted by molar-refractivity contribution is 6.25. The average Bonchev–Trinajstić information content (AvgIpc) is 3.00. The van der Waals surface area contributed by atoms with Gasteiger partial charge >= 0.3 is 0 Å². The highest BCUT2D eigenvalue weighted by Crippen LogP contribution is 2.40. The second kappa shape index (κ2) is 5.23. The Morgan fingerprint density at radius 1 is 0.821 bits per heavy atom. The number of nitrogens with zero attached hydrogens (tertiary/aromatic N) is 2. The molecule has 2 heteroatoms. The highest BCUT2D eigenvalue weighted by Gasteiger charge is 2.19. The monoisotopic (exact) mass is 362 g/mol. The van der Waals surface area contributed by atoms with Crippen LogP contribution in [-0.2, 0) is 6.42 Å². The van der Waals surface area contributed by atoms with E-state index in [1.807, 2.05) is 6.20 Å². The molecule has 0 saturated heterocycles. The summed E-state index contributed by atoms with van der Waals surface area (Å²) in [7, 11) is 0. The van der Waals surface area contributed by atoms with Gasteiger partial charge in [0, 0.05) is 27.7 Å². The maximum absolute atomic E-state index is 4.82. The molecule has 3 heterocycles. The molecule has 0 fully saturated rings. The molecule has 0 N–H and O–H groups in total. The van der Waals surface area contributed by atoms with E-state index in [1.54, 1.807) is 0 Å². The zero-order chi connectivity index (χ0) is 19.0. The van der Waals surface area contributed by atoms with E-state index in [-0.39, 0.29) is 5.41 Å². The molecule has 0 spiro atoms. The van der Waals surface area contributed by atoms with Gasteiger partial charge in [0.1, 0.15) is 0 Å². The van der Waals surface area contributed by atoms with Gasteiger partial charge in [-0.3, -0.25) is 4.98 Å². The van der Waals surface area contributed by atoms with Crippen molar-refractivity contribution < 1.29 is 0 Å². The third-order valence-corrected chi connectivity index (χ3v) is 5.83. The Hall–Kier alpha value is -3.13. The lowest BCUT2D eigenvalue weighted by Crippen LogP contribution is -2.09. The fourth-order valence-electron chi connectivity index (χ4n) is 4.91. The summed E-state index contributed by atoms with van der Waals surface area (Å²) in [5.74, 6) is 0. The number of benzene rings is 3. The van der Waals surface area contributed by atoms with E-state index in [9.17, 15) is 0 Å². The van der Waals surface area contributed by atoms with Gasteiger partial charge in [0.05, 0.1) is 22.1 Å². The largest absolute Gasteiger partial charge is 0.308 e. The second-order valence-electron chi connectivity index (χ2n) is 9.16. The van der Waals surface area contributed by atoms with Gasteiger partial charge in [0.25, 0.3) is 0 Å². The van der Waals surface area contributed by atoms with E-state index in [0.29, 0.717) is 0 Å². The Morgan fingerprint density at radius 2 is 1.61 bits per heavy atom. The van der Waals surface area contributed by atoms with Crippen molar-refractivity contribution in [2.45, 2.75) is 27.2 Å². The van der Waals surface area contributed by atoms with Gasteiger partial charge in [-0.05, 0) is 41.0 Å². The normalized spacial score (nSPS) is 13.0. The number of pyridine rings is 2. The lowest BCUT2D eigenvalue weighted by atomic mass is 9.87. The van der Waals surface area contributed by atoms with Gasteiger partial charge in [0.2, 0.25) is 0 Å². The smallest absolute Gasteiger partial charge is 0.0822 e. The SMILES string of the molecule is CC(C)(C)Cc1cc2ccnc3c4cccc5c6ccccc6n(c(c1)c23)c54. The van der Waals surface area contributed by atoms with Gasteiger partial charge in [-0.15, -0.1) is 0 Å². The van der Waals surface area contributed by atoms with E-state index in [4.69, 9.17) is 4.98 Å². The Balaban J connectivity index is 1.93. The molecule has 0 atom stereocenters. The fourth-order valence-corrected chi connectivity index (χ4v) is 4.91. The van der Waals surface area contributed by atoms with Crippen LogP contribution in [0.15, 0.2) is 66.9 Å². The third-order valence-electron chi connectivity index (χ3n) is 5.83. The summed E-state index contributed by atoms with van der Waals surface area (Å²) in [5.41, 5.74) is 6.56. The molecule has 0 aliphatic rings. The molecule has 28 heavy (non-hydrogen) atoms. The Bertz CT molecular complexity index is 1510. The van der Waals surface area contributed by atoms with Crippen LogP contribution in [0.4, 0.5) is 0 Å². The highest BCUT2D eigenvalue weighted by atomic mass is 14.9. The Morgan fingerprint density at radius 3 is 2.46 bits per heavy atom. The molecule has 0 radical (unpaired) electrons. The minimum absolute atomic E-state index is 0.247. The van der Waals surface area contributed by atoms with Crippen LogP contribution in [0.5, 0.6) is 0 Å². The van der Waals surface area contributed by atoms with Crippen LogP contribution in [-0.4, -0.2) is 9.38 Å². The minimum Gasteiger partial charge on any atom is -0.308 e. The van der Waals surface area contributed by atoms with Gasteiger partial charge in [-0.1, -0.05) is 63.2 Å². The van der Waals surface area contributed by atoms with Gasteiger partial charge in [-0.25, -0.2) is 0 Å². The Kier molecular flexibility index (Phi) is 2.97. The third kappa shape index (κ3) is 2.06. The van der Waals surface area contributed by atoms with Gasteiger partial charge in [0.15, 0.2) is 0 Å². The molecule has 0 aliphatic carbocycles. The molecule has 0 bridgehead atoms. The molecule has 6 aromatic rings. The van der Waals surface area contributed by atoms with E-state index in [2.05, 4.69) is 85.8 Å². The molecule has 0 unspecified atom stereocenters. The van der Waals surface area contributed by atoms with Crippen molar-refractivity contribution in [1.29, 1.82) is 0 Å². The van der Waals surface area contributed by atoms with E-state index < -0.39 is 0 Å². The number of para-hydroxylation sites is 2. The summed E-state index contributed by atoms with van der Waals surface area (Å²) in [6, 6.07) is 22.3. The lowest BCUT2D eigenvalue weighted by Gasteiger charge is -2.20. The molecule has 3 aromatic carbocycles. The van der Waals surface area contributed by atoms with Crippen molar-refractivity contribution in [2.24, 2.45) is 5.41 Å². The maximum Gasteiger partial charge on any atom is 0.0822 e. The molecule has 2 nitrogen and oxygen atoms in total. The number of rotatable bonds is 1. The predicted octanol–water partition coefficient (Wildman–Crippen LogP) is 6.97. The molecule has 136 valence electrons. The summed E-state index contributed by atoms with van der Waals surface area (Å²) in [5, 5.41) is 6.39. The summed E-state index contributed by atoms with van der Waals surface area (Å²) in [6.45, 7) is 6.91. The number of aromatic nitrogens is 2. The predicted molar refractivity (Wildman–Crippen MR) is 120 cm³/mol. The van der Waals surface area contributed by atoms with Gasteiger partial charge < -0.3 is 4.40 Å². The first-order chi connectivity index (χ1) is 13.5. The van der Waals surface area contributed by atoms with E-state index in [0.717, 1.165) is 11.9 Å². The first-order valence-electron chi connectivity index (χ1n) is 9.96. The van der Waals surface area contributed by atoms with Crippen LogP contribution in [0.2, 0.25) is 0 Å². The zero-order valence-corrected chi connectivity index (χ0v) is 16.5. The molecule has 3 aromatic heterocycles. The summed E-state index contributed by atoms with van der Waals surface area (Å²) in [6.07, 6.45) is 3.01. The number of hydrogen-bond acceptors (Lipinski definition) is 1. The first-order valence-corrected chi connectivity index (χ1v) is 9.96. The van der Waals surface area contributed by atoms with Crippen LogP contribution in [0.3, 0.4) is 0 Å². The quantitative estimate of drug-likeness (QED) is 0.228. The topological polar surface area (TPSA) is 17.3 Å². The molecular weight excluding hydrogens is 340 g/mol. The molecule has 6 rings (SSSR count). The first kappa shape index (κ1) is 15.9. The lowest BCUT2D eigenvalue weighted by molar-refractivity contribution is 0.411. The minimum atomic E-state index is 0.247. The van der Waals surface area contributed by atoms with Crippen molar-refractivity contribution in [3.05, 3.63) is 72.4 Å². The molecule has 0 saturated carbocycles. The molecule has 0 amide bonds. The summed E-state index contributed by atoms with van der Waals surface area (Å²) < 4.78 is 2.46. The average molecular weight is 362 g/mol. The van der Waals surface area contributed by atoms with Crippen LogP contribution < -0.4 is 0 Å². The van der Waals surface area contributed by atoms with E-state index >= 15 is 0 Å². The zero-order valence-electron chi connectivity index (χ0n) is 16.5. The van der Waals surface area contributed by atoms with Crippen molar-refractivity contribution in [3.8, 4) is 0 Å². The second-order valence-corrected chi connectivity index (χ2v) is 9.16. The van der Waals surface area contributed by atoms with Crippen LogP contribution in [0, 0.1) is 5.41 Å². The fraction of sp³-hybridized carbons (Fsp3) is 0.192. The van der Waals surface area contributed by atoms with Crippen molar-refractivity contribution in [3.63, 3.8) is 0 Å². The standard InChI is InChI=1S/C26H22N2/c1-26(2,3)15-16-13-17-11-12-27-24-20-9-6-8-19-18-7-4-5-10-21(18)28(25(19)20)22(14-16)23(17)24/h4-14H,15H2,1-3H3. The van der Waals surface area contributed by atoms with Crippen molar-refractivity contribution in [2.75, 3.05) is 0 Å². The van der Waals surface area contributed by atoms with Crippen molar-refractivity contribution >= 4 is 49.0 Å². The van der Waals surface area contributed by atoms with E-state index in [1.165, 1.54) is 49.0 Å². The Labute approximate surface area is 163 Å². The number of hydrogen-bond donors (Lipinski definition) is 0. The maximum atomic E-state index is 4.82. The van der Waals surface area contributed by atoms with Crippen LogP contribution >= 0.6 is 0 Å². The molecule has 0 aliphatic heterocycles. The van der Waals surface area contributed by atoms with Crippen LogP contribution in [0.1, 0.15) is 26.3 Å². The van der Waals surface area contributed by atoms with Crippen molar-refractivity contribution in [1.82, 2.24) is 9.38 Å². The summed E-state index contributed by atoms with van der Waals surface area (Å²) in [4.78, 5) is 4.82. The molecular formula is C26H22N2. The van der Waals surface area contributed by atoms with Gasteiger partial charge in [-0.2, -0.15) is 0 Å².